The van der Waals surface area contributed by atoms with Gasteiger partial charge in [0.15, 0.2) is 5.13 Å². The monoisotopic (exact) mass is 341 g/mol. The lowest BCUT2D eigenvalue weighted by Crippen LogP contribution is -2.21. The van der Waals surface area contributed by atoms with Crippen molar-refractivity contribution in [3.05, 3.63) is 32.7 Å². The van der Waals surface area contributed by atoms with E-state index in [1.165, 1.54) is 11.3 Å². The Bertz CT molecular complexity index is 781. The predicted molar refractivity (Wildman–Crippen MR) is 95.9 cm³/mol. The number of hydrogen-bond donors (Lipinski definition) is 0. The van der Waals surface area contributed by atoms with Gasteiger partial charge in [-0.25, -0.2) is 9.97 Å². The molecular formula is C16H15N5S2. The summed E-state index contributed by atoms with van der Waals surface area (Å²) in [6.45, 7) is 6.11. The summed E-state index contributed by atoms with van der Waals surface area (Å²) in [5, 5.41) is 19.3. The van der Waals surface area contributed by atoms with Gasteiger partial charge in [-0.15, -0.1) is 11.3 Å². The third-order valence-corrected chi connectivity index (χ3v) is 4.94. The van der Waals surface area contributed by atoms with Gasteiger partial charge >= 0.3 is 0 Å². The van der Waals surface area contributed by atoms with Crippen molar-refractivity contribution in [1.29, 1.82) is 10.5 Å². The molecule has 0 N–H and O–H groups in total. The van der Waals surface area contributed by atoms with E-state index in [9.17, 15) is 0 Å². The van der Waals surface area contributed by atoms with Crippen LogP contribution in [0.4, 0.5) is 5.13 Å². The average Bonchev–Trinajstić information content (AvgIpc) is 3.21. The molecule has 0 fully saturated rings. The zero-order valence-electron chi connectivity index (χ0n) is 12.9. The van der Waals surface area contributed by atoms with E-state index < -0.39 is 0 Å². The smallest absolute Gasteiger partial charge is 0.185 e. The highest BCUT2D eigenvalue weighted by Gasteiger charge is 2.06. The molecule has 2 heterocycles. The molecule has 2 aromatic heterocycles. The maximum atomic E-state index is 8.75. The van der Waals surface area contributed by atoms with Crippen LogP contribution in [0.5, 0.6) is 0 Å². The molecule has 0 atom stereocenters. The number of hydrogen-bond acceptors (Lipinski definition) is 7. The van der Waals surface area contributed by atoms with Crippen molar-refractivity contribution in [3.63, 3.8) is 0 Å². The summed E-state index contributed by atoms with van der Waals surface area (Å²) >= 11 is 3.07. The van der Waals surface area contributed by atoms with Gasteiger partial charge in [0.2, 0.25) is 0 Å². The second kappa shape index (κ2) is 8.23. The van der Waals surface area contributed by atoms with Crippen molar-refractivity contribution in [3.8, 4) is 12.1 Å². The van der Waals surface area contributed by atoms with E-state index in [1.54, 1.807) is 23.6 Å². The largest absolute Gasteiger partial charge is 0.349 e. The van der Waals surface area contributed by atoms with Gasteiger partial charge in [-0.05, 0) is 32.1 Å². The van der Waals surface area contributed by atoms with Crippen LogP contribution in [0.2, 0.25) is 0 Å². The van der Waals surface area contributed by atoms with Gasteiger partial charge in [-0.2, -0.15) is 10.5 Å². The van der Waals surface area contributed by atoms with E-state index in [2.05, 4.69) is 28.7 Å². The van der Waals surface area contributed by atoms with Gasteiger partial charge in [-0.1, -0.05) is 11.3 Å². The van der Waals surface area contributed by atoms with Crippen LogP contribution in [0.15, 0.2) is 18.0 Å². The van der Waals surface area contributed by atoms with Crippen LogP contribution in [0.25, 0.3) is 18.2 Å². The van der Waals surface area contributed by atoms with Crippen molar-refractivity contribution in [2.24, 2.45) is 0 Å². The Morgan fingerprint density at radius 2 is 1.78 bits per heavy atom. The Balaban J connectivity index is 2.10. The quantitative estimate of drug-likeness (QED) is 0.741. The van der Waals surface area contributed by atoms with E-state index in [0.717, 1.165) is 33.0 Å². The fourth-order valence-electron chi connectivity index (χ4n) is 1.82. The standard InChI is InChI=1S/C16H15N5S2/c1-3-21(4-2)16-20-10-13(23-16)5-6-15-19-11-14(22-15)7-12(8-17)9-18/h5-7,10-11H,3-4H2,1-2H3/b6-5+. The fraction of sp³-hybridized carbons (Fsp3) is 0.250. The molecule has 0 aliphatic heterocycles. The number of nitriles is 2. The molecule has 0 saturated carbocycles. The zero-order valence-corrected chi connectivity index (χ0v) is 14.5. The molecule has 0 aliphatic rings. The Labute approximate surface area is 143 Å². The van der Waals surface area contributed by atoms with Crippen molar-refractivity contribution in [2.75, 3.05) is 18.0 Å². The third kappa shape index (κ3) is 4.49. The highest BCUT2D eigenvalue weighted by molar-refractivity contribution is 7.16. The second-order valence-electron chi connectivity index (χ2n) is 4.43. The molecule has 23 heavy (non-hydrogen) atoms. The molecule has 0 aliphatic carbocycles. The second-order valence-corrected chi connectivity index (χ2v) is 6.57. The molecule has 0 amide bonds. The lowest BCUT2D eigenvalue weighted by Gasteiger charge is -2.16. The molecular weight excluding hydrogens is 326 g/mol. The van der Waals surface area contributed by atoms with E-state index >= 15 is 0 Å². The van der Waals surface area contributed by atoms with Gasteiger partial charge < -0.3 is 4.90 Å². The minimum atomic E-state index is 0.0792. The zero-order chi connectivity index (χ0) is 16.7. The molecule has 2 aromatic rings. The average molecular weight is 341 g/mol. The minimum Gasteiger partial charge on any atom is -0.349 e. The highest BCUT2D eigenvalue weighted by Crippen LogP contribution is 2.25. The van der Waals surface area contributed by atoms with Crippen LogP contribution in [0, 0.1) is 22.7 Å². The summed E-state index contributed by atoms with van der Waals surface area (Å²) in [4.78, 5) is 12.8. The van der Waals surface area contributed by atoms with Crippen LogP contribution < -0.4 is 4.90 Å². The minimum absolute atomic E-state index is 0.0792. The van der Waals surface area contributed by atoms with Crippen molar-refractivity contribution in [2.45, 2.75) is 13.8 Å². The Morgan fingerprint density at radius 1 is 1.09 bits per heavy atom. The number of rotatable bonds is 6. The van der Waals surface area contributed by atoms with E-state index in [-0.39, 0.29) is 5.57 Å². The molecule has 0 unspecified atom stereocenters. The van der Waals surface area contributed by atoms with Crippen LogP contribution in [0.1, 0.15) is 28.6 Å². The van der Waals surface area contributed by atoms with E-state index in [0.29, 0.717) is 0 Å². The molecule has 0 spiro atoms. The molecule has 0 radical (unpaired) electrons. The Morgan fingerprint density at radius 3 is 2.43 bits per heavy atom. The number of nitrogens with zero attached hydrogens (tertiary/aromatic N) is 5. The predicted octanol–water partition coefficient (Wildman–Crippen LogP) is 4.05. The Hall–Kier alpha value is -2.48. The number of allylic oxidation sites excluding steroid dienone is 1. The lowest BCUT2D eigenvalue weighted by molar-refractivity contribution is 0.860. The van der Waals surface area contributed by atoms with Gasteiger partial charge in [0.05, 0.1) is 0 Å². The molecule has 2 rings (SSSR count). The third-order valence-electron chi connectivity index (χ3n) is 3.00. The molecule has 0 bridgehead atoms. The first-order valence-corrected chi connectivity index (χ1v) is 8.70. The maximum absolute atomic E-state index is 8.75. The van der Waals surface area contributed by atoms with Crippen LogP contribution in [0.3, 0.4) is 0 Å². The van der Waals surface area contributed by atoms with E-state index in [1.807, 2.05) is 30.5 Å². The SMILES string of the molecule is CCN(CC)c1ncc(/C=C/c2ncc(C=C(C#N)C#N)s2)s1. The summed E-state index contributed by atoms with van der Waals surface area (Å²) in [6, 6.07) is 3.68. The number of thiazole rings is 2. The summed E-state index contributed by atoms with van der Waals surface area (Å²) < 4.78 is 0. The molecule has 0 saturated heterocycles. The van der Waals surface area contributed by atoms with Gasteiger partial charge in [0.1, 0.15) is 22.7 Å². The van der Waals surface area contributed by atoms with Crippen LogP contribution >= 0.6 is 22.7 Å². The Kier molecular flexibility index (Phi) is 6.04. The number of anilines is 1. The van der Waals surface area contributed by atoms with Gasteiger partial charge in [0, 0.05) is 35.2 Å². The highest BCUT2D eigenvalue weighted by atomic mass is 32.1. The van der Waals surface area contributed by atoms with Crippen molar-refractivity contribution >= 4 is 46.0 Å². The lowest BCUT2D eigenvalue weighted by atomic mass is 10.3. The van der Waals surface area contributed by atoms with Crippen molar-refractivity contribution in [1.82, 2.24) is 9.97 Å². The fourth-order valence-corrected chi connectivity index (χ4v) is 3.53. The maximum Gasteiger partial charge on any atom is 0.185 e. The van der Waals surface area contributed by atoms with Crippen LogP contribution in [-0.4, -0.2) is 23.1 Å². The van der Waals surface area contributed by atoms with Crippen LogP contribution in [-0.2, 0) is 0 Å². The molecule has 0 aromatic carbocycles. The first-order chi connectivity index (χ1) is 11.2. The normalized spacial score (nSPS) is 10.3. The summed E-state index contributed by atoms with van der Waals surface area (Å²) in [7, 11) is 0. The van der Waals surface area contributed by atoms with Crippen molar-refractivity contribution < 1.29 is 0 Å². The molecule has 116 valence electrons. The molecule has 7 heteroatoms. The number of aromatic nitrogens is 2. The van der Waals surface area contributed by atoms with Gasteiger partial charge in [0.25, 0.3) is 0 Å². The summed E-state index contributed by atoms with van der Waals surface area (Å²) in [5.74, 6) is 0. The molecule has 5 nitrogen and oxygen atoms in total. The topological polar surface area (TPSA) is 76.6 Å². The first kappa shape index (κ1) is 16.9. The van der Waals surface area contributed by atoms with E-state index in [4.69, 9.17) is 10.5 Å². The summed E-state index contributed by atoms with van der Waals surface area (Å²) in [6.07, 6.45) is 8.95. The first-order valence-electron chi connectivity index (χ1n) is 7.06. The van der Waals surface area contributed by atoms with Gasteiger partial charge in [-0.3, -0.25) is 0 Å². The summed E-state index contributed by atoms with van der Waals surface area (Å²) in [5.41, 5.74) is 0.0792.